The second-order valence-corrected chi connectivity index (χ2v) is 6.90. The Morgan fingerprint density at radius 3 is 2.54 bits per heavy atom. The average molecular weight is 408 g/mol. The first-order valence-corrected chi connectivity index (χ1v) is 9.19. The molecule has 8 heteroatoms. The van der Waals surface area contributed by atoms with Crippen molar-refractivity contribution in [3.8, 4) is 5.75 Å². The number of aromatic nitrogens is 2. The predicted molar refractivity (Wildman–Crippen MR) is 104 cm³/mol. The molecule has 5 nitrogen and oxygen atoms in total. The summed E-state index contributed by atoms with van der Waals surface area (Å²) in [5.74, 6) is -0.0167. The summed E-state index contributed by atoms with van der Waals surface area (Å²) in [5.41, 5.74) is 0.862. The van der Waals surface area contributed by atoms with Gasteiger partial charge in [0.15, 0.2) is 6.10 Å². The Bertz CT molecular complexity index is 960. The molecule has 3 rings (SSSR count). The molecule has 0 aliphatic rings. The van der Waals surface area contributed by atoms with Gasteiger partial charge in [-0.05, 0) is 43.3 Å². The Balaban J connectivity index is 1.65. The molecule has 1 heterocycles. The highest BCUT2D eigenvalue weighted by Gasteiger charge is 2.23. The van der Waals surface area contributed by atoms with Crippen LogP contribution in [0.1, 0.15) is 32.1 Å². The van der Waals surface area contributed by atoms with E-state index in [1.54, 1.807) is 62.4 Å². The van der Waals surface area contributed by atoms with Crippen molar-refractivity contribution < 1.29 is 18.3 Å². The van der Waals surface area contributed by atoms with Gasteiger partial charge < -0.3 is 10.1 Å². The number of fused-ring (bicyclic) bond motifs is 1. The number of para-hydroxylation sites is 2. The van der Waals surface area contributed by atoms with E-state index in [1.807, 2.05) is 0 Å². The summed E-state index contributed by atoms with van der Waals surface area (Å²) in [7, 11) is 0. The number of ether oxygens (including phenoxy) is 1. The van der Waals surface area contributed by atoms with Crippen LogP contribution in [-0.4, -0.2) is 28.1 Å². The van der Waals surface area contributed by atoms with E-state index in [-0.39, 0.29) is 18.3 Å². The fourth-order valence-corrected chi connectivity index (χ4v) is 3.00. The van der Waals surface area contributed by atoms with E-state index in [4.69, 9.17) is 16.3 Å². The van der Waals surface area contributed by atoms with Crippen molar-refractivity contribution in [2.45, 2.75) is 32.4 Å². The SMILES string of the molecule is C[C@H](CNC(=O)[C@@H](C)Oc1ccc(Cl)cc1)c1nc2ccccc2n1C(F)F. The number of alkyl halides is 2. The maximum Gasteiger partial charge on any atom is 0.320 e. The highest BCUT2D eigenvalue weighted by atomic mass is 35.5. The number of rotatable bonds is 7. The molecule has 1 amide bonds. The quantitative estimate of drug-likeness (QED) is 0.613. The molecule has 1 N–H and O–H groups in total. The molecule has 0 spiro atoms. The average Bonchev–Trinajstić information content (AvgIpc) is 3.07. The number of carbonyl (C=O) groups excluding carboxylic acids is 1. The number of nitrogens with one attached hydrogen (secondary N) is 1. The second kappa shape index (κ2) is 8.56. The molecule has 0 bridgehead atoms. The number of hydrogen-bond acceptors (Lipinski definition) is 3. The Kier molecular flexibility index (Phi) is 6.14. The molecule has 3 aromatic rings. The van der Waals surface area contributed by atoms with Gasteiger partial charge in [0, 0.05) is 17.5 Å². The van der Waals surface area contributed by atoms with E-state index in [0.29, 0.717) is 21.8 Å². The number of halogens is 3. The van der Waals surface area contributed by atoms with Crippen molar-refractivity contribution in [1.29, 1.82) is 0 Å². The number of imidazole rings is 1. The van der Waals surface area contributed by atoms with Gasteiger partial charge >= 0.3 is 6.55 Å². The third-order valence-electron chi connectivity index (χ3n) is 4.34. The van der Waals surface area contributed by atoms with Crippen LogP contribution in [0, 0.1) is 0 Å². The fraction of sp³-hybridized carbons (Fsp3) is 0.300. The number of nitrogens with zero attached hydrogens (tertiary/aromatic N) is 2. The minimum Gasteiger partial charge on any atom is -0.481 e. The normalized spacial score (nSPS) is 13.5. The lowest BCUT2D eigenvalue weighted by Gasteiger charge is -2.18. The third kappa shape index (κ3) is 4.42. The maximum atomic E-state index is 13.6. The Labute approximate surface area is 166 Å². The van der Waals surface area contributed by atoms with Crippen LogP contribution in [0.4, 0.5) is 8.78 Å². The smallest absolute Gasteiger partial charge is 0.320 e. The molecule has 0 radical (unpaired) electrons. The summed E-state index contributed by atoms with van der Waals surface area (Å²) in [4.78, 5) is 16.6. The molecule has 0 aliphatic carbocycles. The van der Waals surface area contributed by atoms with Gasteiger partial charge in [0.2, 0.25) is 0 Å². The molecule has 0 saturated carbocycles. The van der Waals surface area contributed by atoms with Crippen LogP contribution in [0.15, 0.2) is 48.5 Å². The van der Waals surface area contributed by atoms with E-state index in [2.05, 4.69) is 10.3 Å². The summed E-state index contributed by atoms with van der Waals surface area (Å²) in [6, 6.07) is 13.4. The monoisotopic (exact) mass is 407 g/mol. The lowest BCUT2D eigenvalue weighted by molar-refractivity contribution is -0.127. The second-order valence-electron chi connectivity index (χ2n) is 6.47. The first kappa shape index (κ1) is 20.1. The molecular formula is C20H20ClF2N3O2. The molecule has 2 aromatic carbocycles. The summed E-state index contributed by atoms with van der Waals surface area (Å²) in [6.45, 7) is 0.796. The van der Waals surface area contributed by atoms with E-state index in [1.165, 1.54) is 0 Å². The minimum atomic E-state index is -2.72. The molecule has 2 atom stereocenters. The van der Waals surface area contributed by atoms with Crippen molar-refractivity contribution in [2.24, 2.45) is 0 Å². The number of benzene rings is 2. The molecular weight excluding hydrogens is 388 g/mol. The van der Waals surface area contributed by atoms with E-state index >= 15 is 0 Å². The van der Waals surface area contributed by atoms with Crippen molar-refractivity contribution >= 4 is 28.5 Å². The fourth-order valence-electron chi connectivity index (χ4n) is 2.88. The highest BCUT2D eigenvalue weighted by Crippen LogP contribution is 2.27. The van der Waals surface area contributed by atoms with Crippen LogP contribution >= 0.6 is 11.6 Å². The zero-order valence-electron chi connectivity index (χ0n) is 15.4. The van der Waals surface area contributed by atoms with Gasteiger partial charge in [0.25, 0.3) is 5.91 Å². The van der Waals surface area contributed by atoms with Gasteiger partial charge in [-0.1, -0.05) is 30.7 Å². The van der Waals surface area contributed by atoms with E-state index in [0.717, 1.165) is 4.57 Å². The summed E-state index contributed by atoms with van der Waals surface area (Å²) in [5, 5.41) is 3.30. The van der Waals surface area contributed by atoms with Crippen LogP contribution < -0.4 is 10.1 Å². The molecule has 1 aromatic heterocycles. The summed E-state index contributed by atoms with van der Waals surface area (Å²) in [6.07, 6.45) is -0.748. The Morgan fingerprint density at radius 1 is 1.18 bits per heavy atom. The standard InChI is InChI=1S/C20H20ClF2N3O2/c1-12(18-25-16-5-3-4-6-17(16)26(18)20(22)23)11-24-19(27)13(2)28-15-9-7-14(21)8-10-15/h3-10,12-13,20H,11H2,1-2H3,(H,24,27)/t12-,13-/m1/s1. The largest absolute Gasteiger partial charge is 0.481 e. The zero-order valence-corrected chi connectivity index (χ0v) is 16.2. The van der Waals surface area contributed by atoms with Gasteiger partial charge in [0.1, 0.15) is 11.6 Å². The number of carbonyl (C=O) groups is 1. The van der Waals surface area contributed by atoms with Gasteiger partial charge in [-0.15, -0.1) is 0 Å². The van der Waals surface area contributed by atoms with Crippen molar-refractivity contribution in [1.82, 2.24) is 14.9 Å². The first-order valence-electron chi connectivity index (χ1n) is 8.81. The molecule has 0 aliphatic heterocycles. The van der Waals surface area contributed by atoms with Crippen molar-refractivity contribution in [3.63, 3.8) is 0 Å². The molecule has 0 unspecified atom stereocenters. The minimum absolute atomic E-state index is 0.156. The lowest BCUT2D eigenvalue weighted by Crippen LogP contribution is -2.38. The van der Waals surface area contributed by atoms with Crippen LogP contribution in [0.2, 0.25) is 5.02 Å². The topological polar surface area (TPSA) is 56.1 Å². The Morgan fingerprint density at radius 2 is 1.86 bits per heavy atom. The summed E-state index contributed by atoms with van der Waals surface area (Å²) >= 11 is 5.82. The molecule has 28 heavy (non-hydrogen) atoms. The van der Waals surface area contributed by atoms with E-state index < -0.39 is 18.6 Å². The van der Waals surface area contributed by atoms with Gasteiger partial charge in [-0.2, -0.15) is 8.78 Å². The molecule has 0 fully saturated rings. The molecule has 148 valence electrons. The molecule has 0 saturated heterocycles. The van der Waals surface area contributed by atoms with Crippen LogP contribution in [0.3, 0.4) is 0 Å². The predicted octanol–water partition coefficient (Wildman–Crippen LogP) is 4.77. The van der Waals surface area contributed by atoms with Crippen LogP contribution in [-0.2, 0) is 4.79 Å². The van der Waals surface area contributed by atoms with Crippen molar-refractivity contribution in [2.75, 3.05) is 6.54 Å². The zero-order chi connectivity index (χ0) is 20.3. The van der Waals surface area contributed by atoms with Crippen LogP contribution in [0.25, 0.3) is 11.0 Å². The van der Waals surface area contributed by atoms with Crippen molar-refractivity contribution in [3.05, 3.63) is 59.4 Å². The maximum absolute atomic E-state index is 13.6. The van der Waals surface area contributed by atoms with E-state index in [9.17, 15) is 13.6 Å². The number of hydrogen-bond donors (Lipinski definition) is 1. The lowest BCUT2D eigenvalue weighted by atomic mass is 10.1. The van der Waals surface area contributed by atoms with Gasteiger partial charge in [0.05, 0.1) is 11.0 Å². The Hall–Kier alpha value is -2.67. The van der Waals surface area contributed by atoms with Gasteiger partial charge in [-0.25, -0.2) is 4.98 Å². The van der Waals surface area contributed by atoms with Gasteiger partial charge in [-0.3, -0.25) is 9.36 Å². The summed E-state index contributed by atoms with van der Waals surface area (Å²) < 4.78 is 33.6. The van der Waals surface area contributed by atoms with Crippen LogP contribution in [0.5, 0.6) is 5.75 Å². The third-order valence-corrected chi connectivity index (χ3v) is 4.59. The number of amides is 1. The first-order chi connectivity index (χ1) is 13.4. The highest BCUT2D eigenvalue weighted by molar-refractivity contribution is 6.30.